The van der Waals surface area contributed by atoms with Gasteiger partial charge in [0.15, 0.2) is 0 Å². The molecule has 1 radical (unpaired) electrons. The van der Waals surface area contributed by atoms with Gasteiger partial charge in [0, 0.05) is 0 Å². The Morgan fingerprint density at radius 2 is 1.50 bits per heavy atom. The lowest BCUT2D eigenvalue weighted by molar-refractivity contribution is -0.914. The summed E-state index contributed by atoms with van der Waals surface area (Å²) in [6, 6.07) is 0. The quantitative estimate of drug-likeness (QED) is 0.524. The number of quaternary nitrogens is 1. The Labute approximate surface area is 63.4 Å². The Hall–Kier alpha value is -0.370. The van der Waals surface area contributed by atoms with Crippen molar-refractivity contribution >= 4 is 6.29 Å². The van der Waals surface area contributed by atoms with Crippen LogP contribution in [0, 0.1) is 0 Å². The van der Waals surface area contributed by atoms with Gasteiger partial charge in [-0.25, -0.2) is 0 Å². The van der Waals surface area contributed by atoms with Gasteiger partial charge < -0.3 is 4.48 Å². The van der Waals surface area contributed by atoms with Crippen LogP contribution >= 0.6 is 0 Å². The number of likely N-dealkylation sites (N-methyl/N-ethyl adjacent to an activating group) is 1. The molecule has 0 saturated carbocycles. The number of nitrogens with zero attached hydrogens (tertiary/aromatic N) is 1. The second-order valence-corrected chi connectivity index (χ2v) is 2.59. The number of hydrogen-bond acceptors (Lipinski definition) is 1. The van der Waals surface area contributed by atoms with Crippen molar-refractivity contribution in [3.8, 4) is 0 Å². The molecular weight excluding hydrogens is 126 g/mol. The first kappa shape index (κ1) is 9.63. The van der Waals surface area contributed by atoms with Crippen molar-refractivity contribution in [2.75, 3.05) is 26.2 Å². The van der Waals surface area contributed by atoms with Crippen LogP contribution in [0.5, 0.6) is 0 Å². The zero-order valence-electron chi connectivity index (χ0n) is 7.18. The second-order valence-electron chi connectivity index (χ2n) is 2.59. The lowest BCUT2D eigenvalue weighted by Crippen LogP contribution is -2.48. The maximum atomic E-state index is 10.2. The average molecular weight is 143 g/mol. The molecule has 0 spiro atoms. The van der Waals surface area contributed by atoms with Gasteiger partial charge in [-0.2, -0.15) is 0 Å². The molecule has 0 saturated heterocycles. The molecule has 10 heavy (non-hydrogen) atoms. The molecule has 0 aliphatic heterocycles. The smallest absolute Gasteiger partial charge is 0.258 e. The van der Waals surface area contributed by atoms with Crippen molar-refractivity contribution < 1.29 is 9.28 Å². The largest absolute Gasteiger partial charge is 0.318 e. The summed E-state index contributed by atoms with van der Waals surface area (Å²) in [5, 5.41) is 0. The molecule has 0 rings (SSSR count). The minimum Gasteiger partial charge on any atom is -0.318 e. The van der Waals surface area contributed by atoms with Crippen molar-refractivity contribution in [1.82, 2.24) is 0 Å². The zero-order chi connectivity index (χ0) is 8.04. The van der Waals surface area contributed by atoms with Crippen molar-refractivity contribution in [3.63, 3.8) is 0 Å². The van der Waals surface area contributed by atoms with E-state index in [1.165, 1.54) is 0 Å². The van der Waals surface area contributed by atoms with Crippen LogP contribution in [-0.4, -0.2) is 36.9 Å². The summed E-state index contributed by atoms with van der Waals surface area (Å²) in [6.45, 7) is 9.98. The van der Waals surface area contributed by atoms with Crippen LogP contribution in [0.1, 0.15) is 20.8 Å². The van der Waals surface area contributed by atoms with Gasteiger partial charge in [-0.05, 0) is 20.8 Å². The van der Waals surface area contributed by atoms with Crippen molar-refractivity contribution in [2.45, 2.75) is 20.8 Å². The molecule has 0 aromatic carbocycles. The van der Waals surface area contributed by atoms with Crippen molar-refractivity contribution in [3.05, 3.63) is 0 Å². The van der Waals surface area contributed by atoms with Crippen molar-refractivity contribution in [1.29, 1.82) is 0 Å². The van der Waals surface area contributed by atoms with Gasteiger partial charge in [-0.3, -0.25) is 4.79 Å². The summed E-state index contributed by atoms with van der Waals surface area (Å²) in [4.78, 5) is 10.2. The van der Waals surface area contributed by atoms with Crippen LogP contribution in [0.3, 0.4) is 0 Å². The average Bonchev–Trinajstić information content (AvgIpc) is 2.01. The maximum Gasteiger partial charge on any atom is 0.258 e. The third kappa shape index (κ3) is 2.10. The van der Waals surface area contributed by atoms with Gasteiger partial charge in [0.2, 0.25) is 0 Å². The number of hydrogen-bond donors (Lipinski definition) is 0. The molecule has 0 aliphatic carbocycles. The molecule has 2 heteroatoms. The third-order valence-corrected chi connectivity index (χ3v) is 2.41. The van der Waals surface area contributed by atoms with E-state index in [4.69, 9.17) is 0 Å². The van der Waals surface area contributed by atoms with Crippen LogP contribution in [0.2, 0.25) is 0 Å². The molecule has 0 amide bonds. The Bertz CT molecular complexity index is 89.2. The molecule has 0 bridgehead atoms. The van der Waals surface area contributed by atoms with E-state index in [2.05, 4.69) is 20.8 Å². The fourth-order valence-electron chi connectivity index (χ4n) is 1.14. The Kier molecular flexibility index (Phi) is 4.28. The van der Waals surface area contributed by atoms with E-state index in [1.807, 2.05) is 6.29 Å². The fourth-order valence-corrected chi connectivity index (χ4v) is 1.14. The minimum atomic E-state index is 0.545. The van der Waals surface area contributed by atoms with E-state index < -0.39 is 0 Å². The monoisotopic (exact) mass is 143 g/mol. The van der Waals surface area contributed by atoms with E-state index in [1.54, 1.807) is 0 Å². The molecule has 0 N–H and O–H groups in total. The first-order valence-corrected chi connectivity index (χ1v) is 3.94. The highest BCUT2D eigenvalue weighted by Gasteiger charge is 2.19. The lowest BCUT2D eigenvalue weighted by atomic mass is 10.3. The van der Waals surface area contributed by atoms with E-state index in [0.717, 1.165) is 24.1 Å². The van der Waals surface area contributed by atoms with Gasteiger partial charge in [0.1, 0.15) is 6.54 Å². The molecule has 0 aromatic heterocycles. The first-order valence-electron chi connectivity index (χ1n) is 3.94. The summed E-state index contributed by atoms with van der Waals surface area (Å²) < 4.78 is 0.878. The van der Waals surface area contributed by atoms with Gasteiger partial charge >= 0.3 is 0 Å². The topological polar surface area (TPSA) is 17.1 Å². The molecular formula is C8H17NO+. The zero-order valence-corrected chi connectivity index (χ0v) is 7.18. The lowest BCUT2D eigenvalue weighted by Gasteiger charge is -2.33. The molecule has 0 aromatic rings. The predicted molar refractivity (Wildman–Crippen MR) is 42.4 cm³/mol. The van der Waals surface area contributed by atoms with Gasteiger partial charge in [-0.15, -0.1) is 0 Å². The Morgan fingerprint density at radius 3 is 1.60 bits per heavy atom. The normalized spacial score (nSPS) is 11.5. The minimum absolute atomic E-state index is 0.545. The van der Waals surface area contributed by atoms with Crippen LogP contribution in [-0.2, 0) is 4.79 Å². The highest BCUT2D eigenvalue weighted by molar-refractivity contribution is 5.51. The van der Waals surface area contributed by atoms with Crippen molar-refractivity contribution in [2.24, 2.45) is 0 Å². The fraction of sp³-hybridized carbons (Fsp3) is 0.875. The Morgan fingerprint density at radius 1 is 1.10 bits per heavy atom. The van der Waals surface area contributed by atoms with Crippen LogP contribution < -0.4 is 0 Å². The van der Waals surface area contributed by atoms with E-state index >= 15 is 0 Å². The summed E-state index contributed by atoms with van der Waals surface area (Å²) in [5.74, 6) is 0. The van der Waals surface area contributed by atoms with Gasteiger partial charge in [0.05, 0.1) is 19.6 Å². The standard InChI is InChI=1S/C8H17NO/c1-4-9(5-2,6-3)7-8-10/h4-7H2,1-3H3/q+1. The molecule has 0 aliphatic rings. The molecule has 0 heterocycles. The van der Waals surface area contributed by atoms with E-state index in [-0.39, 0.29) is 0 Å². The predicted octanol–water partition coefficient (Wildman–Crippen LogP) is 0.973. The van der Waals surface area contributed by atoms with E-state index in [9.17, 15) is 4.79 Å². The molecule has 0 atom stereocenters. The molecule has 0 unspecified atom stereocenters. The summed E-state index contributed by atoms with van der Waals surface area (Å²) in [6.07, 6.45) is 1.98. The van der Waals surface area contributed by atoms with Crippen LogP contribution in [0.15, 0.2) is 0 Å². The summed E-state index contributed by atoms with van der Waals surface area (Å²) in [5.41, 5.74) is 0. The first-order chi connectivity index (χ1) is 4.74. The SMILES string of the molecule is CC[N+](CC)(CC)C[C]=O. The van der Waals surface area contributed by atoms with Crippen LogP contribution in [0.25, 0.3) is 0 Å². The van der Waals surface area contributed by atoms with E-state index in [0.29, 0.717) is 6.54 Å². The molecule has 59 valence electrons. The number of carbonyl (C=O) groups excluding carboxylic acids is 1. The maximum absolute atomic E-state index is 10.2. The summed E-state index contributed by atoms with van der Waals surface area (Å²) >= 11 is 0. The summed E-state index contributed by atoms with van der Waals surface area (Å²) in [7, 11) is 0. The third-order valence-electron chi connectivity index (χ3n) is 2.41. The number of rotatable bonds is 5. The Balaban J connectivity index is 4.00. The second kappa shape index (κ2) is 4.45. The molecule has 0 fully saturated rings. The van der Waals surface area contributed by atoms with Crippen LogP contribution in [0.4, 0.5) is 0 Å². The highest BCUT2D eigenvalue weighted by atomic mass is 16.1. The van der Waals surface area contributed by atoms with Gasteiger partial charge in [0.25, 0.3) is 6.29 Å². The molecule has 2 nitrogen and oxygen atoms in total. The highest BCUT2D eigenvalue weighted by Crippen LogP contribution is 2.02. The van der Waals surface area contributed by atoms with Gasteiger partial charge in [-0.1, -0.05) is 0 Å².